The molecule has 21 heavy (non-hydrogen) atoms. The third-order valence-corrected chi connectivity index (χ3v) is 4.01. The summed E-state index contributed by atoms with van der Waals surface area (Å²) in [5.41, 5.74) is 1.94. The molecule has 0 aliphatic heterocycles. The van der Waals surface area contributed by atoms with Crippen molar-refractivity contribution >= 4 is 23.4 Å². The van der Waals surface area contributed by atoms with Crippen molar-refractivity contribution in [2.75, 3.05) is 0 Å². The molecule has 6 heteroatoms. The van der Waals surface area contributed by atoms with Gasteiger partial charge in [-0.05, 0) is 24.6 Å². The third-order valence-electron chi connectivity index (χ3n) is 2.88. The number of carboxylic acid groups (broad SMARTS) is 1. The van der Waals surface area contributed by atoms with Crippen molar-refractivity contribution in [3.63, 3.8) is 0 Å². The fourth-order valence-corrected chi connectivity index (χ4v) is 2.83. The maximum absolute atomic E-state index is 11.1. The zero-order chi connectivity index (χ0) is 15.4. The van der Waals surface area contributed by atoms with E-state index in [1.807, 2.05) is 31.2 Å². The van der Waals surface area contributed by atoms with Crippen molar-refractivity contribution in [3.8, 4) is 0 Å². The first-order valence-electron chi connectivity index (χ1n) is 6.17. The summed E-state index contributed by atoms with van der Waals surface area (Å²) in [6.45, 7) is 1.98. The number of aromatic carboxylic acids is 1. The van der Waals surface area contributed by atoms with Gasteiger partial charge >= 0.3 is 5.97 Å². The molecule has 0 spiro atoms. The van der Waals surface area contributed by atoms with E-state index in [1.54, 1.807) is 0 Å². The summed E-state index contributed by atoms with van der Waals surface area (Å²) in [6.07, 6.45) is 0. The monoisotopic (exact) mass is 303 g/mol. The van der Waals surface area contributed by atoms with Gasteiger partial charge in [-0.15, -0.1) is 11.8 Å². The lowest BCUT2D eigenvalue weighted by Gasteiger charge is -2.05. The van der Waals surface area contributed by atoms with Gasteiger partial charge in [0.1, 0.15) is 0 Å². The number of nitro benzene ring substituents is 1. The molecular formula is C15H13NO4S. The largest absolute Gasteiger partial charge is 0.478 e. The van der Waals surface area contributed by atoms with Crippen LogP contribution in [0.1, 0.15) is 21.5 Å². The van der Waals surface area contributed by atoms with Crippen LogP contribution < -0.4 is 0 Å². The van der Waals surface area contributed by atoms with Crippen LogP contribution in [0.15, 0.2) is 47.4 Å². The quantitative estimate of drug-likeness (QED) is 0.515. The topological polar surface area (TPSA) is 80.4 Å². The maximum atomic E-state index is 11.1. The fourth-order valence-electron chi connectivity index (χ4n) is 1.88. The summed E-state index contributed by atoms with van der Waals surface area (Å²) in [4.78, 5) is 21.8. The van der Waals surface area contributed by atoms with E-state index < -0.39 is 10.9 Å². The molecule has 0 amide bonds. The number of aryl methyl sites for hydroxylation is 1. The SMILES string of the molecule is Cc1cccc(CSc2ccc(C(=O)O)cc2[N+](=O)[O-])c1. The molecule has 2 rings (SSSR count). The average molecular weight is 303 g/mol. The number of hydrogen-bond acceptors (Lipinski definition) is 4. The van der Waals surface area contributed by atoms with Gasteiger partial charge in [0.05, 0.1) is 15.4 Å². The minimum absolute atomic E-state index is 0.0818. The molecule has 0 aliphatic carbocycles. The van der Waals surface area contributed by atoms with E-state index in [1.165, 1.54) is 23.9 Å². The lowest BCUT2D eigenvalue weighted by Crippen LogP contribution is -1.99. The van der Waals surface area contributed by atoms with Gasteiger partial charge in [-0.3, -0.25) is 10.1 Å². The van der Waals surface area contributed by atoms with Gasteiger partial charge in [-0.25, -0.2) is 4.79 Å². The molecule has 0 atom stereocenters. The Kier molecular flexibility index (Phi) is 4.59. The predicted molar refractivity (Wildman–Crippen MR) is 80.8 cm³/mol. The third kappa shape index (κ3) is 3.82. The van der Waals surface area contributed by atoms with E-state index in [0.29, 0.717) is 10.6 Å². The second kappa shape index (κ2) is 6.41. The number of nitro groups is 1. The fraction of sp³-hybridized carbons (Fsp3) is 0.133. The van der Waals surface area contributed by atoms with Crippen molar-refractivity contribution in [1.82, 2.24) is 0 Å². The molecular weight excluding hydrogens is 290 g/mol. The number of rotatable bonds is 5. The Morgan fingerprint density at radius 3 is 2.67 bits per heavy atom. The van der Waals surface area contributed by atoms with Crippen LogP contribution in [0.25, 0.3) is 0 Å². The molecule has 0 radical (unpaired) electrons. The summed E-state index contributed by atoms with van der Waals surface area (Å²) in [5.74, 6) is -0.581. The number of benzene rings is 2. The number of carboxylic acids is 1. The summed E-state index contributed by atoms with van der Waals surface area (Å²) in [6, 6.07) is 11.9. The van der Waals surface area contributed by atoms with Gasteiger partial charge in [0, 0.05) is 11.8 Å². The number of nitrogens with zero attached hydrogens (tertiary/aromatic N) is 1. The molecule has 0 unspecified atom stereocenters. The van der Waals surface area contributed by atoms with Crippen LogP contribution in [-0.4, -0.2) is 16.0 Å². The highest BCUT2D eigenvalue weighted by molar-refractivity contribution is 7.98. The summed E-state index contributed by atoms with van der Waals surface area (Å²) >= 11 is 1.32. The Morgan fingerprint density at radius 1 is 1.29 bits per heavy atom. The van der Waals surface area contributed by atoms with Crippen LogP contribution >= 0.6 is 11.8 Å². The van der Waals surface area contributed by atoms with E-state index in [9.17, 15) is 14.9 Å². The highest BCUT2D eigenvalue weighted by atomic mass is 32.2. The molecule has 0 aliphatic rings. The van der Waals surface area contributed by atoms with Crippen LogP contribution in [0.4, 0.5) is 5.69 Å². The second-order valence-corrected chi connectivity index (χ2v) is 5.54. The van der Waals surface area contributed by atoms with E-state index >= 15 is 0 Å². The molecule has 0 bridgehead atoms. The highest BCUT2D eigenvalue weighted by Gasteiger charge is 2.17. The van der Waals surface area contributed by atoms with E-state index in [0.717, 1.165) is 17.2 Å². The summed E-state index contributed by atoms with van der Waals surface area (Å²) in [7, 11) is 0. The lowest BCUT2D eigenvalue weighted by atomic mass is 10.2. The van der Waals surface area contributed by atoms with E-state index in [2.05, 4.69) is 0 Å². The van der Waals surface area contributed by atoms with E-state index in [-0.39, 0.29) is 11.3 Å². The minimum Gasteiger partial charge on any atom is -0.478 e. The molecule has 2 aromatic rings. The molecule has 0 saturated carbocycles. The van der Waals surface area contributed by atoms with Crippen LogP contribution in [0, 0.1) is 17.0 Å². The van der Waals surface area contributed by atoms with E-state index in [4.69, 9.17) is 5.11 Å². The number of carbonyl (C=O) groups is 1. The zero-order valence-electron chi connectivity index (χ0n) is 11.3. The van der Waals surface area contributed by atoms with Crippen molar-refractivity contribution in [2.45, 2.75) is 17.6 Å². The molecule has 1 N–H and O–H groups in total. The molecule has 2 aromatic carbocycles. The second-order valence-electron chi connectivity index (χ2n) is 4.52. The first-order chi connectivity index (χ1) is 9.97. The smallest absolute Gasteiger partial charge is 0.335 e. The molecule has 0 fully saturated rings. The number of thioether (sulfide) groups is 1. The first kappa shape index (κ1) is 15.1. The van der Waals surface area contributed by atoms with Crippen molar-refractivity contribution < 1.29 is 14.8 Å². The molecule has 0 heterocycles. The predicted octanol–water partition coefficient (Wildman–Crippen LogP) is 3.89. The normalized spacial score (nSPS) is 10.3. The molecule has 5 nitrogen and oxygen atoms in total. The maximum Gasteiger partial charge on any atom is 0.335 e. The van der Waals surface area contributed by atoms with Gasteiger partial charge < -0.3 is 5.11 Å². The Balaban J connectivity index is 2.23. The minimum atomic E-state index is -1.17. The van der Waals surface area contributed by atoms with Crippen LogP contribution in [0.2, 0.25) is 0 Å². The van der Waals surface area contributed by atoms with Crippen molar-refractivity contribution in [1.29, 1.82) is 0 Å². The number of hydrogen-bond donors (Lipinski definition) is 1. The highest BCUT2D eigenvalue weighted by Crippen LogP contribution is 2.32. The van der Waals surface area contributed by atoms with Crippen LogP contribution in [0.5, 0.6) is 0 Å². The van der Waals surface area contributed by atoms with Gasteiger partial charge in [-0.2, -0.15) is 0 Å². The Labute approximate surface area is 125 Å². The molecule has 0 saturated heterocycles. The summed E-state index contributed by atoms with van der Waals surface area (Å²) in [5, 5.41) is 20.0. The Bertz CT molecular complexity index is 700. The van der Waals surface area contributed by atoms with Crippen LogP contribution in [-0.2, 0) is 5.75 Å². The summed E-state index contributed by atoms with van der Waals surface area (Å²) < 4.78 is 0. The lowest BCUT2D eigenvalue weighted by molar-refractivity contribution is -0.387. The first-order valence-corrected chi connectivity index (χ1v) is 7.16. The van der Waals surface area contributed by atoms with Gasteiger partial charge in [-0.1, -0.05) is 29.8 Å². The van der Waals surface area contributed by atoms with Gasteiger partial charge in [0.25, 0.3) is 5.69 Å². The zero-order valence-corrected chi connectivity index (χ0v) is 12.1. The van der Waals surface area contributed by atoms with Crippen LogP contribution in [0.3, 0.4) is 0 Å². The molecule has 0 aromatic heterocycles. The average Bonchev–Trinajstić information content (AvgIpc) is 2.44. The Morgan fingerprint density at radius 2 is 2.05 bits per heavy atom. The Hall–Kier alpha value is -2.34. The standard InChI is InChI=1S/C15H13NO4S/c1-10-3-2-4-11(7-10)9-21-14-6-5-12(15(17)18)8-13(14)16(19)20/h2-8H,9H2,1H3,(H,17,18). The van der Waals surface area contributed by atoms with Gasteiger partial charge in [0.15, 0.2) is 0 Å². The molecule has 108 valence electrons. The van der Waals surface area contributed by atoms with Crippen molar-refractivity contribution in [2.24, 2.45) is 0 Å². The van der Waals surface area contributed by atoms with Gasteiger partial charge in [0.2, 0.25) is 0 Å². The van der Waals surface area contributed by atoms with Crippen molar-refractivity contribution in [3.05, 3.63) is 69.3 Å².